The second kappa shape index (κ2) is 6.69. The Balaban J connectivity index is 2.23. The van der Waals surface area contributed by atoms with Crippen LogP contribution in [0.3, 0.4) is 0 Å². The molecule has 3 heteroatoms. The minimum absolute atomic E-state index is 0.600. The topological polar surface area (TPSA) is 29.9 Å². The van der Waals surface area contributed by atoms with Gasteiger partial charge in [0.25, 0.3) is 0 Å². The third-order valence-corrected chi connectivity index (χ3v) is 2.80. The van der Waals surface area contributed by atoms with Crippen LogP contribution in [-0.2, 0) is 19.9 Å². The molecule has 16 heavy (non-hydrogen) atoms. The van der Waals surface area contributed by atoms with Crippen molar-refractivity contribution in [3.63, 3.8) is 0 Å². The molecule has 1 aromatic heterocycles. The Morgan fingerprint density at radius 3 is 2.69 bits per heavy atom. The molecule has 0 aliphatic rings. The highest BCUT2D eigenvalue weighted by Gasteiger charge is 2.03. The molecule has 0 bridgehead atoms. The van der Waals surface area contributed by atoms with Crippen LogP contribution in [0.25, 0.3) is 0 Å². The molecule has 1 heterocycles. The lowest BCUT2D eigenvalue weighted by atomic mass is 10.1. The van der Waals surface area contributed by atoms with E-state index in [1.54, 1.807) is 0 Å². The summed E-state index contributed by atoms with van der Waals surface area (Å²) in [6.45, 7) is 7.65. The van der Waals surface area contributed by atoms with E-state index < -0.39 is 0 Å². The van der Waals surface area contributed by atoms with E-state index in [1.807, 2.05) is 11.7 Å². The van der Waals surface area contributed by atoms with E-state index in [4.69, 9.17) is 0 Å². The largest absolute Gasteiger partial charge is 0.315 e. The summed E-state index contributed by atoms with van der Waals surface area (Å²) < 4.78 is 2.02. The third kappa shape index (κ3) is 4.35. The Hall–Kier alpha value is -0.830. The molecule has 0 saturated carbocycles. The van der Waals surface area contributed by atoms with Gasteiger partial charge >= 0.3 is 0 Å². The molecule has 1 aromatic rings. The molecule has 0 radical (unpaired) electrons. The zero-order chi connectivity index (χ0) is 12.0. The van der Waals surface area contributed by atoms with Crippen LogP contribution in [0, 0.1) is 0 Å². The van der Waals surface area contributed by atoms with Crippen LogP contribution in [0.4, 0.5) is 0 Å². The van der Waals surface area contributed by atoms with Crippen LogP contribution in [-0.4, -0.2) is 22.4 Å². The predicted molar refractivity (Wildman–Crippen MR) is 68.7 cm³/mol. The molecule has 3 nitrogen and oxygen atoms in total. The van der Waals surface area contributed by atoms with Gasteiger partial charge in [-0.1, -0.05) is 20.8 Å². The van der Waals surface area contributed by atoms with Gasteiger partial charge in [0.2, 0.25) is 0 Å². The van der Waals surface area contributed by atoms with E-state index in [1.165, 1.54) is 24.2 Å². The maximum absolute atomic E-state index is 4.46. The van der Waals surface area contributed by atoms with E-state index in [2.05, 4.69) is 37.3 Å². The van der Waals surface area contributed by atoms with Gasteiger partial charge in [-0.15, -0.1) is 0 Å². The van der Waals surface area contributed by atoms with Crippen molar-refractivity contribution in [2.45, 2.75) is 52.5 Å². The fourth-order valence-corrected chi connectivity index (χ4v) is 1.80. The highest BCUT2D eigenvalue weighted by atomic mass is 15.3. The van der Waals surface area contributed by atoms with Crippen LogP contribution < -0.4 is 5.32 Å². The summed E-state index contributed by atoms with van der Waals surface area (Å²) in [5, 5.41) is 7.90. The highest BCUT2D eigenvalue weighted by molar-refractivity contribution is 5.10. The van der Waals surface area contributed by atoms with Gasteiger partial charge in [-0.3, -0.25) is 4.68 Å². The molecule has 0 spiro atoms. The number of aryl methyl sites for hydroxylation is 3. The van der Waals surface area contributed by atoms with Crippen LogP contribution in [0.5, 0.6) is 0 Å². The van der Waals surface area contributed by atoms with Gasteiger partial charge in [0.1, 0.15) is 0 Å². The van der Waals surface area contributed by atoms with Crippen molar-refractivity contribution in [2.24, 2.45) is 7.05 Å². The summed E-state index contributed by atoms with van der Waals surface area (Å²) in [7, 11) is 2.04. The molecular formula is C13H25N3. The highest BCUT2D eigenvalue weighted by Crippen LogP contribution is 2.07. The second-order valence-electron chi connectivity index (χ2n) is 4.67. The van der Waals surface area contributed by atoms with Gasteiger partial charge in [-0.05, 0) is 38.3 Å². The standard InChI is InChI=1S/C13H25N3/c1-5-12-10-13(16(4)15-12)8-6-7-9-14-11(2)3/h10-11,14H,5-9H2,1-4H3. The van der Waals surface area contributed by atoms with E-state index in [0.29, 0.717) is 6.04 Å². The average Bonchev–Trinajstić information content (AvgIpc) is 2.59. The molecule has 92 valence electrons. The molecule has 0 amide bonds. The van der Waals surface area contributed by atoms with Gasteiger partial charge in [0, 0.05) is 18.8 Å². The molecule has 1 N–H and O–H groups in total. The van der Waals surface area contributed by atoms with E-state index in [0.717, 1.165) is 19.4 Å². The molecule has 0 aromatic carbocycles. The van der Waals surface area contributed by atoms with Crippen molar-refractivity contribution in [3.8, 4) is 0 Å². The fraction of sp³-hybridized carbons (Fsp3) is 0.769. The van der Waals surface area contributed by atoms with E-state index >= 15 is 0 Å². The van der Waals surface area contributed by atoms with Gasteiger partial charge < -0.3 is 5.32 Å². The Labute approximate surface area is 99.2 Å². The number of nitrogens with one attached hydrogen (secondary N) is 1. The fourth-order valence-electron chi connectivity index (χ4n) is 1.80. The van der Waals surface area contributed by atoms with Crippen LogP contribution >= 0.6 is 0 Å². The summed E-state index contributed by atoms with van der Waals surface area (Å²) in [5.74, 6) is 0. The lowest BCUT2D eigenvalue weighted by molar-refractivity contribution is 0.552. The molecule has 0 aliphatic carbocycles. The maximum Gasteiger partial charge on any atom is 0.0624 e. The number of unbranched alkanes of at least 4 members (excludes halogenated alkanes) is 1. The number of aromatic nitrogens is 2. The summed E-state index contributed by atoms with van der Waals surface area (Å²) in [6, 6.07) is 2.83. The lowest BCUT2D eigenvalue weighted by Gasteiger charge is -2.07. The number of hydrogen-bond donors (Lipinski definition) is 1. The Morgan fingerprint density at radius 2 is 2.12 bits per heavy atom. The van der Waals surface area contributed by atoms with Crippen molar-refractivity contribution in [3.05, 3.63) is 17.5 Å². The molecular weight excluding hydrogens is 198 g/mol. The quantitative estimate of drug-likeness (QED) is 0.719. The SMILES string of the molecule is CCc1cc(CCCCNC(C)C)n(C)n1. The van der Waals surface area contributed by atoms with E-state index in [9.17, 15) is 0 Å². The van der Waals surface area contributed by atoms with Crippen molar-refractivity contribution in [1.29, 1.82) is 0 Å². The lowest BCUT2D eigenvalue weighted by Crippen LogP contribution is -2.23. The normalized spacial score (nSPS) is 11.3. The first-order valence-corrected chi connectivity index (χ1v) is 6.38. The Bertz CT molecular complexity index is 302. The molecule has 0 atom stereocenters. The molecule has 1 rings (SSSR count). The first-order chi connectivity index (χ1) is 7.63. The second-order valence-corrected chi connectivity index (χ2v) is 4.67. The van der Waals surface area contributed by atoms with Crippen molar-refractivity contribution < 1.29 is 0 Å². The molecule has 0 fully saturated rings. The van der Waals surface area contributed by atoms with E-state index in [-0.39, 0.29) is 0 Å². The summed E-state index contributed by atoms with van der Waals surface area (Å²) in [4.78, 5) is 0. The summed E-state index contributed by atoms with van der Waals surface area (Å²) >= 11 is 0. The Morgan fingerprint density at radius 1 is 1.38 bits per heavy atom. The molecule has 0 saturated heterocycles. The van der Waals surface area contributed by atoms with Gasteiger partial charge in [-0.2, -0.15) is 5.10 Å². The summed E-state index contributed by atoms with van der Waals surface area (Å²) in [5.41, 5.74) is 2.57. The van der Waals surface area contributed by atoms with Gasteiger partial charge in [0.15, 0.2) is 0 Å². The first kappa shape index (κ1) is 13.2. The maximum atomic E-state index is 4.46. The average molecular weight is 223 g/mol. The molecule has 0 aliphatic heterocycles. The zero-order valence-electron chi connectivity index (χ0n) is 11.1. The van der Waals surface area contributed by atoms with Gasteiger partial charge in [0.05, 0.1) is 5.69 Å². The zero-order valence-corrected chi connectivity index (χ0v) is 11.1. The minimum atomic E-state index is 0.600. The number of nitrogens with zero attached hydrogens (tertiary/aromatic N) is 2. The van der Waals surface area contributed by atoms with Crippen molar-refractivity contribution in [1.82, 2.24) is 15.1 Å². The number of rotatable bonds is 7. The predicted octanol–water partition coefficient (Wildman–Crippen LogP) is 2.30. The third-order valence-electron chi connectivity index (χ3n) is 2.80. The van der Waals surface area contributed by atoms with Crippen molar-refractivity contribution in [2.75, 3.05) is 6.54 Å². The van der Waals surface area contributed by atoms with Gasteiger partial charge in [-0.25, -0.2) is 0 Å². The van der Waals surface area contributed by atoms with Crippen LogP contribution in [0.2, 0.25) is 0 Å². The van der Waals surface area contributed by atoms with Crippen LogP contribution in [0.1, 0.15) is 45.0 Å². The summed E-state index contributed by atoms with van der Waals surface area (Å²) in [6.07, 6.45) is 4.65. The van der Waals surface area contributed by atoms with Crippen molar-refractivity contribution >= 4 is 0 Å². The minimum Gasteiger partial charge on any atom is -0.315 e. The first-order valence-electron chi connectivity index (χ1n) is 6.38. The number of hydrogen-bond acceptors (Lipinski definition) is 2. The smallest absolute Gasteiger partial charge is 0.0624 e. The van der Waals surface area contributed by atoms with Crippen LogP contribution in [0.15, 0.2) is 6.07 Å². The monoisotopic (exact) mass is 223 g/mol. The Kier molecular flexibility index (Phi) is 5.53. The molecule has 0 unspecified atom stereocenters.